The maximum Gasteiger partial charge on any atom is 0.334 e. The molecule has 4 N–H and O–H groups in total. The van der Waals surface area contributed by atoms with Crippen molar-refractivity contribution < 1.29 is 24.6 Å². The fourth-order valence-corrected chi connectivity index (χ4v) is 1.27. The van der Waals surface area contributed by atoms with Crippen LogP contribution in [0.15, 0.2) is 24.3 Å². The first-order valence-corrected chi connectivity index (χ1v) is 5.47. The molecular formula is C12H14N2O5. The molecule has 0 aromatic heterocycles. The summed E-state index contributed by atoms with van der Waals surface area (Å²) in [6, 6.07) is 5.63. The third kappa shape index (κ3) is 4.76. The van der Waals surface area contributed by atoms with Crippen molar-refractivity contribution in [3.8, 4) is 0 Å². The number of aliphatic hydroxyl groups excluding tert-OH is 1. The number of hydrogen-bond acceptors (Lipinski definition) is 4. The molecule has 0 aliphatic rings. The molecule has 1 atom stereocenters. The van der Waals surface area contributed by atoms with Crippen molar-refractivity contribution >= 4 is 23.5 Å². The third-order valence-electron chi connectivity index (χ3n) is 2.27. The summed E-state index contributed by atoms with van der Waals surface area (Å²) in [5, 5.41) is 22.0. The Morgan fingerprint density at radius 1 is 1.32 bits per heavy atom. The van der Waals surface area contributed by atoms with Gasteiger partial charge >= 0.3 is 12.0 Å². The van der Waals surface area contributed by atoms with Gasteiger partial charge in [0, 0.05) is 11.3 Å². The van der Waals surface area contributed by atoms with Crippen LogP contribution in [0.3, 0.4) is 0 Å². The fraction of sp³-hybridized carbons (Fsp3) is 0.250. The van der Waals surface area contributed by atoms with Crippen LogP contribution in [0, 0.1) is 0 Å². The molecule has 2 amide bonds. The number of carboxylic acids is 1. The molecule has 1 unspecified atom stereocenters. The molecule has 0 fully saturated rings. The molecule has 19 heavy (non-hydrogen) atoms. The first-order valence-electron chi connectivity index (χ1n) is 5.47. The molecule has 1 aromatic carbocycles. The lowest BCUT2D eigenvalue weighted by Crippen LogP contribution is -2.38. The maximum absolute atomic E-state index is 11.4. The standard InChI is InChI=1S/C12H14N2O5/c1-7(15)8-3-2-4-9(5-8)14-12(19)13-6-10(16)11(17)18/h2-5,10,16H,6H2,1H3,(H,17,18)(H2,13,14,19). The highest BCUT2D eigenvalue weighted by Gasteiger charge is 2.14. The quantitative estimate of drug-likeness (QED) is 0.578. The minimum absolute atomic E-state index is 0.134. The number of aliphatic hydroxyl groups is 1. The third-order valence-corrected chi connectivity index (χ3v) is 2.27. The Kier molecular flexibility index (Phi) is 5.01. The summed E-state index contributed by atoms with van der Waals surface area (Å²) < 4.78 is 0. The molecule has 0 bridgehead atoms. The second-order valence-electron chi connectivity index (χ2n) is 3.83. The number of benzene rings is 1. The number of ketones is 1. The zero-order valence-corrected chi connectivity index (χ0v) is 10.2. The van der Waals surface area contributed by atoms with Crippen molar-refractivity contribution in [3.63, 3.8) is 0 Å². The summed E-state index contributed by atoms with van der Waals surface area (Å²) in [5.74, 6) is -1.55. The molecule has 7 nitrogen and oxygen atoms in total. The molecule has 1 aromatic rings. The average molecular weight is 266 g/mol. The summed E-state index contributed by atoms with van der Waals surface area (Å²) in [6.45, 7) is 0.996. The molecule has 7 heteroatoms. The van der Waals surface area contributed by atoms with Crippen molar-refractivity contribution in [2.45, 2.75) is 13.0 Å². The Morgan fingerprint density at radius 3 is 2.58 bits per heavy atom. The number of nitrogens with one attached hydrogen (secondary N) is 2. The average Bonchev–Trinajstić information content (AvgIpc) is 2.36. The van der Waals surface area contributed by atoms with Crippen LogP contribution in [-0.2, 0) is 4.79 Å². The van der Waals surface area contributed by atoms with E-state index in [0.717, 1.165) is 0 Å². The smallest absolute Gasteiger partial charge is 0.334 e. The molecule has 0 radical (unpaired) electrons. The van der Waals surface area contributed by atoms with Gasteiger partial charge in [-0.3, -0.25) is 4.79 Å². The zero-order chi connectivity index (χ0) is 14.4. The van der Waals surface area contributed by atoms with Gasteiger partial charge in [0.05, 0.1) is 6.54 Å². The summed E-state index contributed by atoms with van der Waals surface area (Å²) in [4.78, 5) is 32.9. The molecule has 0 spiro atoms. The summed E-state index contributed by atoms with van der Waals surface area (Å²) in [5.41, 5.74) is 0.846. The van der Waals surface area contributed by atoms with Gasteiger partial charge in [-0.05, 0) is 19.1 Å². The molecule has 0 heterocycles. The van der Waals surface area contributed by atoms with E-state index in [1.165, 1.54) is 13.0 Å². The Morgan fingerprint density at radius 2 is 2.00 bits per heavy atom. The van der Waals surface area contributed by atoms with E-state index >= 15 is 0 Å². The Hall–Kier alpha value is -2.41. The molecule has 1 rings (SSSR count). The van der Waals surface area contributed by atoms with E-state index in [9.17, 15) is 14.4 Å². The lowest BCUT2D eigenvalue weighted by Gasteiger charge is -2.09. The summed E-state index contributed by atoms with van der Waals surface area (Å²) >= 11 is 0. The van der Waals surface area contributed by atoms with Crippen LogP contribution in [0.25, 0.3) is 0 Å². The van der Waals surface area contributed by atoms with E-state index < -0.39 is 24.6 Å². The van der Waals surface area contributed by atoms with Crippen LogP contribution in [0.5, 0.6) is 0 Å². The van der Waals surface area contributed by atoms with Gasteiger partial charge in [0.1, 0.15) is 0 Å². The van der Waals surface area contributed by atoms with E-state index in [-0.39, 0.29) is 5.78 Å². The Labute approximate surface area is 109 Å². The molecule has 0 aliphatic heterocycles. The molecule has 0 saturated heterocycles. The van der Waals surface area contributed by atoms with Crippen LogP contribution >= 0.6 is 0 Å². The second-order valence-corrected chi connectivity index (χ2v) is 3.83. The van der Waals surface area contributed by atoms with Gasteiger partial charge in [0.15, 0.2) is 11.9 Å². The molecule has 102 valence electrons. The molecule has 0 aliphatic carbocycles. The minimum Gasteiger partial charge on any atom is -0.479 e. The lowest BCUT2D eigenvalue weighted by molar-refractivity contribution is -0.146. The van der Waals surface area contributed by atoms with Crippen LogP contribution in [0.4, 0.5) is 10.5 Å². The number of Topliss-reactive ketones (excluding diaryl/α,β-unsaturated/α-hetero) is 1. The van der Waals surface area contributed by atoms with Gasteiger partial charge < -0.3 is 20.8 Å². The number of amides is 2. The highest BCUT2D eigenvalue weighted by atomic mass is 16.4. The lowest BCUT2D eigenvalue weighted by atomic mass is 10.1. The number of rotatable bonds is 5. The van der Waals surface area contributed by atoms with Crippen LogP contribution in [-0.4, -0.2) is 40.6 Å². The second kappa shape index (κ2) is 6.50. The Balaban J connectivity index is 2.55. The first-order chi connectivity index (χ1) is 8.90. The van der Waals surface area contributed by atoms with E-state index in [1.54, 1.807) is 18.2 Å². The largest absolute Gasteiger partial charge is 0.479 e. The minimum atomic E-state index is -1.66. The predicted molar refractivity (Wildman–Crippen MR) is 67.1 cm³/mol. The van der Waals surface area contributed by atoms with Crippen LogP contribution in [0.2, 0.25) is 0 Å². The van der Waals surface area contributed by atoms with Crippen LogP contribution in [0.1, 0.15) is 17.3 Å². The van der Waals surface area contributed by atoms with Gasteiger partial charge in [0.25, 0.3) is 0 Å². The van der Waals surface area contributed by atoms with E-state index in [1.807, 2.05) is 0 Å². The predicted octanol–water partition coefficient (Wildman–Crippen LogP) is 0.456. The topological polar surface area (TPSA) is 116 Å². The van der Waals surface area contributed by atoms with Gasteiger partial charge in [-0.1, -0.05) is 12.1 Å². The number of urea groups is 1. The molecular weight excluding hydrogens is 252 g/mol. The van der Waals surface area contributed by atoms with Crippen molar-refractivity contribution in [2.75, 3.05) is 11.9 Å². The number of anilines is 1. The monoisotopic (exact) mass is 266 g/mol. The fourth-order valence-electron chi connectivity index (χ4n) is 1.27. The summed E-state index contributed by atoms with van der Waals surface area (Å²) in [7, 11) is 0. The van der Waals surface area contributed by atoms with E-state index in [2.05, 4.69) is 10.6 Å². The number of aliphatic carboxylic acids is 1. The Bertz CT molecular complexity index is 501. The van der Waals surface area contributed by atoms with Crippen molar-refractivity contribution in [1.29, 1.82) is 0 Å². The van der Waals surface area contributed by atoms with E-state index in [4.69, 9.17) is 10.2 Å². The van der Waals surface area contributed by atoms with Crippen molar-refractivity contribution in [3.05, 3.63) is 29.8 Å². The van der Waals surface area contributed by atoms with Crippen LogP contribution < -0.4 is 10.6 Å². The van der Waals surface area contributed by atoms with Crippen molar-refractivity contribution in [2.24, 2.45) is 0 Å². The molecule has 0 saturated carbocycles. The van der Waals surface area contributed by atoms with Gasteiger partial charge in [-0.2, -0.15) is 0 Å². The highest BCUT2D eigenvalue weighted by molar-refractivity contribution is 5.96. The van der Waals surface area contributed by atoms with Crippen molar-refractivity contribution in [1.82, 2.24) is 5.32 Å². The van der Waals surface area contributed by atoms with Gasteiger partial charge in [-0.15, -0.1) is 0 Å². The number of carbonyl (C=O) groups excluding carboxylic acids is 2. The highest BCUT2D eigenvalue weighted by Crippen LogP contribution is 2.10. The SMILES string of the molecule is CC(=O)c1cccc(NC(=O)NCC(O)C(=O)O)c1. The number of hydrogen-bond donors (Lipinski definition) is 4. The summed E-state index contributed by atoms with van der Waals surface area (Å²) in [6.07, 6.45) is -1.66. The normalized spacial score (nSPS) is 11.5. The van der Waals surface area contributed by atoms with Gasteiger partial charge in [-0.25, -0.2) is 9.59 Å². The number of carboxylic acid groups (broad SMARTS) is 1. The number of carbonyl (C=O) groups is 3. The first kappa shape index (κ1) is 14.7. The zero-order valence-electron chi connectivity index (χ0n) is 10.2. The maximum atomic E-state index is 11.4. The van der Waals surface area contributed by atoms with Gasteiger partial charge in [0.2, 0.25) is 0 Å². The van der Waals surface area contributed by atoms with E-state index in [0.29, 0.717) is 11.3 Å².